The molecule has 192 valence electrons. The van der Waals surface area contributed by atoms with E-state index in [4.69, 9.17) is 9.72 Å². The second-order valence-corrected chi connectivity index (χ2v) is 10.8. The van der Waals surface area contributed by atoms with Crippen molar-refractivity contribution in [1.29, 1.82) is 0 Å². The molecule has 6 nitrogen and oxygen atoms in total. The van der Waals surface area contributed by atoms with Crippen molar-refractivity contribution in [3.63, 3.8) is 0 Å². The van der Waals surface area contributed by atoms with Crippen LogP contribution in [0.4, 0.5) is 4.39 Å². The van der Waals surface area contributed by atoms with Gasteiger partial charge in [-0.05, 0) is 48.4 Å². The Labute approximate surface area is 219 Å². The highest BCUT2D eigenvalue weighted by Gasteiger charge is 2.21. The van der Waals surface area contributed by atoms with Crippen LogP contribution in [0.1, 0.15) is 12.0 Å². The van der Waals surface area contributed by atoms with E-state index in [1.54, 1.807) is 30.8 Å². The first kappa shape index (κ1) is 25.4. The Bertz CT molecular complexity index is 1340. The summed E-state index contributed by atoms with van der Waals surface area (Å²) in [4.78, 5) is 11.7. The lowest BCUT2D eigenvalue weighted by Crippen LogP contribution is -2.35. The maximum Gasteiger partial charge on any atom is 0.141 e. The summed E-state index contributed by atoms with van der Waals surface area (Å²) < 4.78 is 33.3. The van der Waals surface area contributed by atoms with Crippen molar-refractivity contribution in [3.05, 3.63) is 84.4 Å². The predicted molar refractivity (Wildman–Crippen MR) is 146 cm³/mol. The number of aromatic nitrogens is 3. The zero-order valence-electron chi connectivity index (χ0n) is 21.0. The number of nitrogens with zero attached hydrogens (tertiary/aromatic N) is 4. The lowest BCUT2D eigenvalue weighted by molar-refractivity contribution is 0.0342. The zero-order chi connectivity index (χ0) is 25.6. The van der Waals surface area contributed by atoms with Crippen LogP contribution in [0.2, 0.25) is 0 Å². The van der Waals surface area contributed by atoms with Gasteiger partial charge in [0.2, 0.25) is 0 Å². The third-order valence-corrected chi connectivity index (χ3v) is 7.44. The Hall–Kier alpha value is -3.20. The number of morpholine rings is 1. The van der Waals surface area contributed by atoms with Crippen LogP contribution in [0.15, 0.2) is 73.1 Å². The molecule has 2 aromatic heterocycles. The average Bonchev–Trinajstić information content (AvgIpc) is 3.30. The molecule has 0 saturated carbocycles. The van der Waals surface area contributed by atoms with Gasteiger partial charge in [0.25, 0.3) is 0 Å². The molecule has 1 saturated heterocycles. The third-order valence-electron chi connectivity index (χ3n) is 6.57. The summed E-state index contributed by atoms with van der Waals surface area (Å²) in [6.45, 7) is 5.01. The highest BCUT2D eigenvalue weighted by atomic mass is 32.2. The molecule has 0 spiro atoms. The standard InChI is InChI=1S/C29H31FN4O2S/c1-37(35)20-2-15-34-28(24-11-13-31-14-12-24)27(23-7-9-26(30)10-8-23)32-29(34)25-5-3-22(4-6-25)21-33-16-18-36-19-17-33/h3-14H,2,15-21H2,1H3. The van der Waals surface area contributed by atoms with Gasteiger partial charge in [-0.2, -0.15) is 0 Å². The molecule has 0 amide bonds. The van der Waals surface area contributed by atoms with Crippen molar-refractivity contribution < 1.29 is 13.3 Å². The molecule has 1 aliphatic rings. The van der Waals surface area contributed by atoms with Crippen molar-refractivity contribution in [1.82, 2.24) is 19.4 Å². The number of pyridine rings is 1. The van der Waals surface area contributed by atoms with E-state index in [9.17, 15) is 8.60 Å². The smallest absolute Gasteiger partial charge is 0.141 e. The van der Waals surface area contributed by atoms with Crippen molar-refractivity contribution in [2.75, 3.05) is 38.3 Å². The van der Waals surface area contributed by atoms with Gasteiger partial charge in [0.1, 0.15) is 11.6 Å². The highest BCUT2D eigenvalue weighted by Crippen LogP contribution is 2.36. The molecule has 5 rings (SSSR count). The molecule has 1 fully saturated rings. The Morgan fingerprint density at radius 3 is 2.27 bits per heavy atom. The largest absolute Gasteiger partial charge is 0.379 e. The molecule has 0 N–H and O–H groups in total. The van der Waals surface area contributed by atoms with Crippen LogP contribution >= 0.6 is 0 Å². The summed E-state index contributed by atoms with van der Waals surface area (Å²) in [6, 6.07) is 19.0. The topological polar surface area (TPSA) is 60.2 Å². The van der Waals surface area contributed by atoms with Crippen molar-refractivity contribution in [3.8, 4) is 33.9 Å². The molecular weight excluding hydrogens is 487 g/mol. The number of rotatable bonds is 9. The van der Waals surface area contributed by atoms with Gasteiger partial charge in [0.05, 0.1) is 24.6 Å². The van der Waals surface area contributed by atoms with E-state index in [2.05, 4.69) is 38.7 Å². The quantitative estimate of drug-likeness (QED) is 0.311. The van der Waals surface area contributed by atoms with Crippen LogP contribution in [0.25, 0.3) is 33.9 Å². The maximum absolute atomic E-state index is 13.8. The fraction of sp³-hybridized carbons (Fsp3) is 0.310. The lowest BCUT2D eigenvalue weighted by Gasteiger charge is -2.26. The number of ether oxygens (including phenoxy) is 1. The monoisotopic (exact) mass is 518 g/mol. The molecule has 4 aromatic rings. The molecule has 2 aromatic carbocycles. The van der Waals surface area contributed by atoms with Crippen LogP contribution < -0.4 is 0 Å². The fourth-order valence-corrected chi connectivity index (χ4v) is 5.24. The van der Waals surface area contributed by atoms with Crippen LogP contribution in [0, 0.1) is 5.82 Å². The Morgan fingerprint density at radius 1 is 0.919 bits per heavy atom. The third kappa shape index (κ3) is 6.21. The van der Waals surface area contributed by atoms with Crippen LogP contribution in [-0.4, -0.2) is 62.0 Å². The molecule has 8 heteroatoms. The van der Waals surface area contributed by atoms with E-state index in [1.807, 2.05) is 12.1 Å². The Morgan fingerprint density at radius 2 is 1.59 bits per heavy atom. The van der Waals surface area contributed by atoms with Gasteiger partial charge >= 0.3 is 0 Å². The normalized spacial score (nSPS) is 15.1. The van der Waals surface area contributed by atoms with E-state index in [-0.39, 0.29) is 5.82 Å². The van der Waals surface area contributed by atoms with Crippen LogP contribution in [0.3, 0.4) is 0 Å². The summed E-state index contributed by atoms with van der Waals surface area (Å²) in [7, 11) is -0.879. The minimum atomic E-state index is -0.879. The van der Waals surface area contributed by atoms with Crippen molar-refractivity contribution >= 4 is 10.8 Å². The molecule has 3 heterocycles. The van der Waals surface area contributed by atoms with Gasteiger partial charge in [-0.1, -0.05) is 24.3 Å². The lowest BCUT2D eigenvalue weighted by atomic mass is 10.1. The number of hydrogen-bond donors (Lipinski definition) is 0. The van der Waals surface area contributed by atoms with E-state index < -0.39 is 10.8 Å². The Balaban J connectivity index is 1.57. The first-order chi connectivity index (χ1) is 18.1. The summed E-state index contributed by atoms with van der Waals surface area (Å²) in [5, 5.41) is 0. The summed E-state index contributed by atoms with van der Waals surface area (Å²) in [5.41, 5.74) is 5.82. The molecule has 1 atom stereocenters. The molecule has 0 bridgehead atoms. The molecule has 1 unspecified atom stereocenters. The van der Waals surface area contributed by atoms with Gasteiger partial charge in [-0.3, -0.25) is 14.1 Å². The zero-order valence-corrected chi connectivity index (χ0v) is 21.8. The fourth-order valence-electron chi connectivity index (χ4n) is 4.71. The number of benzene rings is 2. The van der Waals surface area contributed by atoms with E-state index in [1.165, 1.54) is 17.7 Å². The highest BCUT2D eigenvalue weighted by molar-refractivity contribution is 7.84. The number of imidazole rings is 1. The SMILES string of the molecule is CS(=O)CCCn1c(-c2ccc(CN3CCOCC3)cc2)nc(-c2ccc(F)cc2)c1-c1ccncc1. The van der Waals surface area contributed by atoms with E-state index in [0.29, 0.717) is 12.3 Å². The first-order valence-electron chi connectivity index (χ1n) is 12.5. The second kappa shape index (κ2) is 11.9. The maximum atomic E-state index is 13.8. The van der Waals surface area contributed by atoms with Crippen LogP contribution in [0.5, 0.6) is 0 Å². The molecule has 37 heavy (non-hydrogen) atoms. The number of halogens is 1. The summed E-state index contributed by atoms with van der Waals surface area (Å²) >= 11 is 0. The molecule has 0 aliphatic carbocycles. The van der Waals surface area contributed by atoms with Gasteiger partial charge in [-0.25, -0.2) is 9.37 Å². The van der Waals surface area contributed by atoms with E-state index in [0.717, 1.165) is 73.2 Å². The van der Waals surface area contributed by atoms with Gasteiger partial charge < -0.3 is 9.30 Å². The summed E-state index contributed by atoms with van der Waals surface area (Å²) in [6.07, 6.45) is 6.02. The average molecular weight is 519 g/mol. The van der Waals surface area contributed by atoms with Gasteiger partial charge in [0, 0.05) is 78.1 Å². The summed E-state index contributed by atoms with van der Waals surface area (Å²) in [5.74, 6) is 1.17. The van der Waals surface area contributed by atoms with E-state index >= 15 is 0 Å². The van der Waals surface area contributed by atoms with Crippen molar-refractivity contribution in [2.45, 2.75) is 19.5 Å². The Kier molecular flexibility index (Phi) is 8.18. The van der Waals surface area contributed by atoms with Crippen molar-refractivity contribution in [2.24, 2.45) is 0 Å². The predicted octanol–water partition coefficient (Wildman–Crippen LogP) is 5.02. The molecule has 0 radical (unpaired) electrons. The number of hydrogen-bond acceptors (Lipinski definition) is 5. The first-order valence-corrected chi connectivity index (χ1v) is 14.3. The molecule has 1 aliphatic heterocycles. The minimum Gasteiger partial charge on any atom is -0.379 e. The minimum absolute atomic E-state index is 0.282. The molecular formula is C29H31FN4O2S. The van der Waals surface area contributed by atoms with Gasteiger partial charge in [-0.15, -0.1) is 0 Å². The van der Waals surface area contributed by atoms with Crippen LogP contribution in [-0.2, 0) is 28.6 Å². The second-order valence-electron chi connectivity index (χ2n) is 9.24. The van der Waals surface area contributed by atoms with Gasteiger partial charge in [0.15, 0.2) is 0 Å².